The van der Waals surface area contributed by atoms with Gasteiger partial charge in [-0.3, -0.25) is 4.57 Å². The van der Waals surface area contributed by atoms with E-state index >= 15 is 0 Å². The molecule has 7 heteroatoms. The molecule has 1 fully saturated rings. The Morgan fingerprint density at radius 3 is 2.84 bits per heavy atom. The highest BCUT2D eigenvalue weighted by atomic mass is 16.5. The van der Waals surface area contributed by atoms with Crippen LogP contribution in [0.3, 0.4) is 0 Å². The molecule has 1 aliphatic heterocycles. The van der Waals surface area contributed by atoms with Crippen LogP contribution in [-0.4, -0.2) is 32.5 Å². The van der Waals surface area contributed by atoms with Crippen LogP contribution in [0.4, 0.5) is 0 Å². The molecule has 136 valence electrons. The Hall–Kier alpha value is -2.15. The fraction of sp³-hybridized carbons (Fsp3) is 0.611. The van der Waals surface area contributed by atoms with Gasteiger partial charge in [0.25, 0.3) is 0 Å². The number of nitrogens with zero attached hydrogens (tertiary/aromatic N) is 4. The summed E-state index contributed by atoms with van der Waals surface area (Å²) in [5.74, 6) is 1.63. The van der Waals surface area contributed by atoms with Gasteiger partial charge in [-0.2, -0.15) is 5.10 Å². The van der Waals surface area contributed by atoms with Gasteiger partial charge in [0.05, 0.1) is 18.8 Å². The van der Waals surface area contributed by atoms with Crippen LogP contribution in [-0.2, 0) is 11.3 Å². The number of ether oxygens (including phenoxy) is 2. The van der Waals surface area contributed by atoms with Crippen molar-refractivity contribution in [1.29, 1.82) is 0 Å². The molecule has 0 amide bonds. The van der Waals surface area contributed by atoms with Crippen molar-refractivity contribution in [3.8, 4) is 5.88 Å². The summed E-state index contributed by atoms with van der Waals surface area (Å²) in [5, 5.41) is 4.60. The molecule has 0 aliphatic carbocycles. The topological polar surface area (TPSA) is 71.2 Å². The largest absolute Gasteiger partial charge is 0.478 e. The third-order valence-corrected chi connectivity index (χ3v) is 4.44. The van der Waals surface area contributed by atoms with E-state index in [0.717, 1.165) is 12.1 Å². The molecule has 0 aromatic carbocycles. The van der Waals surface area contributed by atoms with Gasteiger partial charge < -0.3 is 9.47 Å². The standard InChI is InChI=1S/C18H26N4O3/c1-5-24-15-8-6-7-14(19-15)11-21-18(23)22(12(2)3)17(20-21)16-13(4)9-10-25-16/h6-8,12-13,16H,5,9-11H2,1-4H3/t13-,16+/m1/s1. The maximum Gasteiger partial charge on any atom is 0.346 e. The predicted molar refractivity (Wildman–Crippen MR) is 93.9 cm³/mol. The van der Waals surface area contributed by atoms with Gasteiger partial charge in [-0.25, -0.2) is 14.5 Å². The zero-order valence-electron chi connectivity index (χ0n) is 15.3. The number of pyridine rings is 1. The molecule has 3 rings (SSSR count). The fourth-order valence-corrected chi connectivity index (χ4v) is 3.17. The minimum atomic E-state index is -0.128. The van der Waals surface area contributed by atoms with Gasteiger partial charge >= 0.3 is 5.69 Å². The molecular weight excluding hydrogens is 320 g/mol. The third kappa shape index (κ3) is 3.61. The molecule has 1 saturated heterocycles. The Morgan fingerprint density at radius 2 is 2.20 bits per heavy atom. The molecule has 0 spiro atoms. The molecule has 0 bridgehead atoms. The first-order chi connectivity index (χ1) is 12.0. The fourth-order valence-electron chi connectivity index (χ4n) is 3.17. The Morgan fingerprint density at radius 1 is 1.40 bits per heavy atom. The van der Waals surface area contributed by atoms with Gasteiger partial charge in [-0.05, 0) is 39.2 Å². The van der Waals surface area contributed by atoms with Gasteiger partial charge in [0.15, 0.2) is 5.82 Å². The van der Waals surface area contributed by atoms with E-state index in [1.54, 1.807) is 4.57 Å². The lowest BCUT2D eigenvalue weighted by Crippen LogP contribution is -2.28. The van der Waals surface area contributed by atoms with Crippen molar-refractivity contribution >= 4 is 0 Å². The van der Waals surface area contributed by atoms with Crippen LogP contribution in [0.25, 0.3) is 0 Å². The summed E-state index contributed by atoms with van der Waals surface area (Å²) in [7, 11) is 0. The summed E-state index contributed by atoms with van der Waals surface area (Å²) < 4.78 is 14.5. The zero-order valence-corrected chi connectivity index (χ0v) is 15.3. The molecule has 3 heterocycles. The van der Waals surface area contributed by atoms with Crippen LogP contribution in [0, 0.1) is 5.92 Å². The third-order valence-electron chi connectivity index (χ3n) is 4.44. The second kappa shape index (κ2) is 7.39. The normalized spacial score (nSPS) is 20.4. The van der Waals surface area contributed by atoms with Crippen molar-refractivity contribution < 1.29 is 9.47 Å². The average molecular weight is 346 g/mol. The Kier molecular flexibility index (Phi) is 5.22. The van der Waals surface area contributed by atoms with Gasteiger partial charge in [0, 0.05) is 18.7 Å². The smallest absolute Gasteiger partial charge is 0.346 e. The molecule has 0 unspecified atom stereocenters. The summed E-state index contributed by atoms with van der Waals surface area (Å²) in [5.41, 5.74) is 0.615. The summed E-state index contributed by atoms with van der Waals surface area (Å²) in [4.78, 5) is 17.3. The Bertz CT molecular complexity index is 781. The van der Waals surface area contributed by atoms with Crippen molar-refractivity contribution in [2.45, 2.75) is 52.8 Å². The van der Waals surface area contributed by atoms with E-state index in [4.69, 9.17) is 9.47 Å². The van der Waals surface area contributed by atoms with Crippen LogP contribution in [0.2, 0.25) is 0 Å². The first kappa shape index (κ1) is 17.7. The van der Waals surface area contributed by atoms with Crippen molar-refractivity contribution in [3.63, 3.8) is 0 Å². The van der Waals surface area contributed by atoms with Crippen LogP contribution < -0.4 is 10.4 Å². The second-order valence-corrected chi connectivity index (χ2v) is 6.72. The van der Waals surface area contributed by atoms with Crippen LogP contribution in [0.15, 0.2) is 23.0 Å². The molecule has 1 aliphatic rings. The van der Waals surface area contributed by atoms with E-state index in [-0.39, 0.29) is 17.8 Å². The minimum Gasteiger partial charge on any atom is -0.478 e. The summed E-state index contributed by atoms with van der Waals surface area (Å²) in [6, 6.07) is 5.58. The second-order valence-electron chi connectivity index (χ2n) is 6.72. The quantitative estimate of drug-likeness (QED) is 0.804. The van der Waals surface area contributed by atoms with E-state index in [1.807, 2.05) is 39.0 Å². The summed E-state index contributed by atoms with van der Waals surface area (Å²) in [6.45, 7) is 9.61. The Labute approximate surface area is 147 Å². The number of hydrogen-bond donors (Lipinski definition) is 0. The maximum atomic E-state index is 12.9. The molecule has 2 atom stereocenters. The lowest BCUT2D eigenvalue weighted by molar-refractivity contribution is 0.0825. The lowest BCUT2D eigenvalue weighted by Gasteiger charge is -2.16. The highest BCUT2D eigenvalue weighted by Gasteiger charge is 2.32. The zero-order chi connectivity index (χ0) is 18.0. The van der Waals surface area contributed by atoms with Crippen LogP contribution in [0.1, 0.15) is 57.8 Å². The SMILES string of the molecule is CCOc1cccc(Cn2nc([C@H]3OCC[C@H]3C)n(C(C)C)c2=O)n1. The molecule has 2 aromatic heterocycles. The molecule has 0 saturated carbocycles. The van der Waals surface area contributed by atoms with Gasteiger partial charge in [0.1, 0.15) is 6.10 Å². The van der Waals surface area contributed by atoms with E-state index in [1.165, 1.54) is 4.68 Å². The molecule has 0 N–H and O–H groups in total. The highest BCUT2D eigenvalue weighted by Crippen LogP contribution is 2.33. The predicted octanol–water partition coefficient (Wildman–Crippen LogP) is 2.57. The van der Waals surface area contributed by atoms with Gasteiger partial charge in [-0.15, -0.1) is 0 Å². The molecule has 0 radical (unpaired) electrons. The van der Waals surface area contributed by atoms with Gasteiger partial charge in [0.2, 0.25) is 5.88 Å². The molecule has 2 aromatic rings. The van der Waals surface area contributed by atoms with Gasteiger partial charge in [-0.1, -0.05) is 13.0 Å². The van der Waals surface area contributed by atoms with Crippen molar-refractivity contribution in [2.75, 3.05) is 13.2 Å². The molecule has 7 nitrogen and oxygen atoms in total. The number of aromatic nitrogens is 4. The summed E-state index contributed by atoms with van der Waals surface area (Å²) >= 11 is 0. The number of rotatable bonds is 6. The average Bonchev–Trinajstić information content (AvgIpc) is 3.12. The monoisotopic (exact) mass is 346 g/mol. The van der Waals surface area contributed by atoms with E-state index < -0.39 is 0 Å². The molecular formula is C18H26N4O3. The van der Waals surface area contributed by atoms with E-state index in [0.29, 0.717) is 37.4 Å². The Balaban J connectivity index is 1.94. The lowest BCUT2D eigenvalue weighted by atomic mass is 10.0. The summed E-state index contributed by atoms with van der Waals surface area (Å²) in [6.07, 6.45) is 0.862. The minimum absolute atomic E-state index is 0.0235. The van der Waals surface area contributed by atoms with Crippen LogP contribution >= 0.6 is 0 Å². The molecule has 25 heavy (non-hydrogen) atoms. The first-order valence-electron chi connectivity index (χ1n) is 8.90. The maximum absolute atomic E-state index is 12.9. The highest BCUT2D eigenvalue weighted by molar-refractivity contribution is 5.16. The first-order valence-corrected chi connectivity index (χ1v) is 8.90. The van der Waals surface area contributed by atoms with E-state index in [2.05, 4.69) is 17.0 Å². The van der Waals surface area contributed by atoms with E-state index in [9.17, 15) is 4.79 Å². The van der Waals surface area contributed by atoms with Crippen molar-refractivity contribution in [3.05, 3.63) is 40.2 Å². The van der Waals surface area contributed by atoms with Crippen molar-refractivity contribution in [2.24, 2.45) is 5.92 Å². The number of hydrogen-bond acceptors (Lipinski definition) is 5. The van der Waals surface area contributed by atoms with Crippen LogP contribution in [0.5, 0.6) is 5.88 Å². The van der Waals surface area contributed by atoms with Crippen molar-refractivity contribution in [1.82, 2.24) is 19.3 Å².